The summed E-state index contributed by atoms with van der Waals surface area (Å²) in [5, 5.41) is 5.42. The number of urea groups is 1. The third-order valence-electron chi connectivity index (χ3n) is 4.02. The zero-order valence-electron chi connectivity index (χ0n) is 16.2. The number of methoxy groups -OCH3 is 2. The Morgan fingerprint density at radius 2 is 1.83 bits per heavy atom. The van der Waals surface area contributed by atoms with Crippen molar-refractivity contribution in [2.45, 2.75) is 6.54 Å². The van der Waals surface area contributed by atoms with Gasteiger partial charge < -0.3 is 34.3 Å². The quantitative estimate of drug-likeness (QED) is 0.696. The van der Waals surface area contributed by atoms with Crippen LogP contribution in [0.3, 0.4) is 0 Å². The number of benzene rings is 2. The van der Waals surface area contributed by atoms with Gasteiger partial charge in [-0.15, -0.1) is 0 Å². The molecule has 0 fully saturated rings. The number of carbonyl (C=O) groups excluding carboxylic acids is 1. The van der Waals surface area contributed by atoms with Crippen LogP contribution < -0.4 is 34.3 Å². The van der Waals surface area contributed by atoms with Crippen LogP contribution in [0.1, 0.15) is 5.56 Å². The normalized spacial score (nSPS) is 11.1. The summed E-state index contributed by atoms with van der Waals surface area (Å²) >= 11 is 0. The lowest BCUT2D eigenvalue weighted by Gasteiger charge is -2.10. The van der Waals surface area contributed by atoms with Crippen molar-refractivity contribution in [1.82, 2.24) is 10.6 Å². The fourth-order valence-electron chi connectivity index (χ4n) is 2.56. The zero-order valence-corrected chi connectivity index (χ0v) is 16.2. The molecular weight excluding hydrogens is 376 g/mol. The molecule has 0 spiro atoms. The van der Waals surface area contributed by atoms with E-state index in [1.807, 2.05) is 12.1 Å². The van der Waals surface area contributed by atoms with Gasteiger partial charge in [-0.2, -0.15) is 0 Å². The Balaban J connectivity index is 1.35. The first-order chi connectivity index (χ1) is 14.2. The first-order valence-electron chi connectivity index (χ1n) is 8.90. The summed E-state index contributed by atoms with van der Waals surface area (Å²) in [6, 6.07) is 10.5. The van der Waals surface area contributed by atoms with Gasteiger partial charge in [-0.25, -0.2) is 4.79 Å². The van der Waals surface area contributed by atoms with E-state index in [1.54, 1.807) is 38.5 Å². The van der Waals surface area contributed by atoms with Crippen molar-refractivity contribution in [2.75, 3.05) is 34.2 Å². The average Bonchev–Trinajstić information content (AvgIpc) is 3.22. The molecule has 3 rings (SSSR count). The van der Waals surface area contributed by atoms with Gasteiger partial charge in [-0.05, 0) is 29.8 Å². The van der Waals surface area contributed by atoms with Crippen LogP contribution in [0.2, 0.25) is 0 Å². The van der Waals surface area contributed by atoms with Gasteiger partial charge >= 0.3 is 6.03 Å². The van der Waals surface area contributed by atoms with Crippen LogP contribution in [-0.2, 0) is 6.54 Å². The lowest BCUT2D eigenvalue weighted by Crippen LogP contribution is -2.35. The van der Waals surface area contributed by atoms with E-state index in [0.29, 0.717) is 35.3 Å². The summed E-state index contributed by atoms with van der Waals surface area (Å²) in [6.07, 6.45) is 0. The van der Waals surface area contributed by atoms with Crippen LogP contribution >= 0.6 is 0 Å². The SMILES string of the molecule is COc1ccc(CNC(=O)NCC#CCOc2ccc3c(c2)OCO3)cc1OC. The second kappa shape index (κ2) is 9.99. The zero-order chi connectivity index (χ0) is 20.5. The van der Waals surface area contributed by atoms with Crippen molar-refractivity contribution in [1.29, 1.82) is 0 Å². The maximum atomic E-state index is 11.9. The fourth-order valence-corrected chi connectivity index (χ4v) is 2.56. The standard InChI is InChI=1S/C21H22N2O6/c1-25-17-7-5-15(11-19(17)26-2)13-23-21(24)22-9-3-4-10-27-16-6-8-18-20(12-16)29-14-28-18/h5-8,11-12H,9-10,13-14H2,1-2H3,(H2,22,23,24). The minimum atomic E-state index is -0.314. The third kappa shape index (κ3) is 5.62. The molecule has 0 radical (unpaired) electrons. The van der Waals surface area contributed by atoms with Gasteiger partial charge in [0.05, 0.1) is 20.8 Å². The summed E-state index contributed by atoms with van der Waals surface area (Å²) in [7, 11) is 3.14. The summed E-state index contributed by atoms with van der Waals surface area (Å²) in [5.41, 5.74) is 0.890. The molecule has 2 amide bonds. The average molecular weight is 398 g/mol. The van der Waals surface area contributed by atoms with Gasteiger partial charge in [-0.3, -0.25) is 0 Å². The number of hydrogen-bond donors (Lipinski definition) is 2. The molecule has 0 saturated heterocycles. The van der Waals surface area contributed by atoms with Crippen LogP contribution in [0.4, 0.5) is 4.79 Å². The number of nitrogens with one attached hydrogen (secondary N) is 2. The van der Waals surface area contributed by atoms with E-state index in [2.05, 4.69) is 22.5 Å². The highest BCUT2D eigenvalue weighted by atomic mass is 16.7. The van der Waals surface area contributed by atoms with Crippen molar-refractivity contribution in [3.05, 3.63) is 42.0 Å². The van der Waals surface area contributed by atoms with Gasteiger partial charge in [0.1, 0.15) is 12.4 Å². The van der Waals surface area contributed by atoms with Gasteiger partial charge in [0, 0.05) is 12.6 Å². The molecule has 0 saturated carbocycles. The van der Waals surface area contributed by atoms with E-state index in [1.165, 1.54) is 0 Å². The van der Waals surface area contributed by atoms with E-state index < -0.39 is 0 Å². The van der Waals surface area contributed by atoms with Gasteiger partial charge in [0.15, 0.2) is 23.0 Å². The van der Waals surface area contributed by atoms with Crippen molar-refractivity contribution in [2.24, 2.45) is 0 Å². The van der Waals surface area contributed by atoms with Crippen molar-refractivity contribution in [3.63, 3.8) is 0 Å². The first kappa shape index (κ1) is 20.0. The molecule has 1 aliphatic rings. The highest BCUT2D eigenvalue weighted by Crippen LogP contribution is 2.35. The van der Waals surface area contributed by atoms with E-state index in [9.17, 15) is 4.79 Å². The number of ether oxygens (including phenoxy) is 5. The van der Waals surface area contributed by atoms with Crippen LogP contribution in [-0.4, -0.2) is 40.2 Å². The molecule has 0 bridgehead atoms. The number of rotatable bonds is 7. The van der Waals surface area contributed by atoms with Gasteiger partial charge in [0.2, 0.25) is 6.79 Å². The third-order valence-corrected chi connectivity index (χ3v) is 4.02. The highest BCUT2D eigenvalue weighted by Gasteiger charge is 2.13. The van der Waals surface area contributed by atoms with Gasteiger partial charge in [0.25, 0.3) is 0 Å². The van der Waals surface area contributed by atoms with Crippen LogP contribution in [0.15, 0.2) is 36.4 Å². The maximum Gasteiger partial charge on any atom is 0.315 e. The second-order valence-corrected chi connectivity index (χ2v) is 5.88. The smallest absolute Gasteiger partial charge is 0.315 e. The predicted molar refractivity (Wildman–Crippen MR) is 106 cm³/mol. The molecule has 0 atom stereocenters. The summed E-state index contributed by atoms with van der Waals surface area (Å²) in [5.74, 6) is 8.92. The van der Waals surface area contributed by atoms with Crippen molar-refractivity contribution >= 4 is 6.03 Å². The minimum absolute atomic E-state index is 0.203. The largest absolute Gasteiger partial charge is 0.493 e. The molecule has 1 aliphatic heterocycles. The van der Waals surface area contributed by atoms with E-state index in [0.717, 1.165) is 5.56 Å². The molecule has 8 heteroatoms. The molecule has 2 aromatic rings. The highest BCUT2D eigenvalue weighted by molar-refractivity contribution is 5.74. The number of amides is 2. The predicted octanol–water partition coefficient (Wildman–Crippen LogP) is 2.31. The Hall–Kier alpha value is -3.73. The lowest BCUT2D eigenvalue weighted by atomic mass is 10.2. The number of hydrogen-bond acceptors (Lipinski definition) is 6. The molecular formula is C21H22N2O6. The monoisotopic (exact) mass is 398 g/mol. The minimum Gasteiger partial charge on any atom is -0.493 e. The molecule has 0 aliphatic carbocycles. The molecule has 2 aromatic carbocycles. The molecule has 0 unspecified atom stereocenters. The molecule has 29 heavy (non-hydrogen) atoms. The van der Waals surface area contributed by atoms with Gasteiger partial charge in [-0.1, -0.05) is 17.9 Å². The Kier molecular flexibility index (Phi) is 6.90. The first-order valence-corrected chi connectivity index (χ1v) is 8.90. The summed E-state index contributed by atoms with van der Waals surface area (Å²) in [4.78, 5) is 11.9. The van der Waals surface area contributed by atoms with Crippen molar-refractivity contribution in [3.8, 4) is 40.6 Å². The summed E-state index contributed by atoms with van der Waals surface area (Å²) in [6.45, 7) is 0.988. The maximum absolute atomic E-state index is 11.9. The Labute approximate surface area is 169 Å². The number of carbonyl (C=O) groups is 1. The van der Waals surface area contributed by atoms with Crippen LogP contribution in [0.5, 0.6) is 28.7 Å². The van der Waals surface area contributed by atoms with Crippen LogP contribution in [0.25, 0.3) is 0 Å². The molecule has 2 N–H and O–H groups in total. The molecule has 8 nitrogen and oxygen atoms in total. The Bertz CT molecular complexity index is 919. The van der Waals surface area contributed by atoms with E-state index in [4.69, 9.17) is 23.7 Å². The topological polar surface area (TPSA) is 87.3 Å². The Morgan fingerprint density at radius 3 is 2.66 bits per heavy atom. The summed E-state index contributed by atoms with van der Waals surface area (Å²) < 4.78 is 26.5. The number of fused-ring (bicyclic) bond motifs is 1. The molecule has 1 heterocycles. The van der Waals surface area contributed by atoms with E-state index in [-0.39, 0.29) is 26.0 Å². The van der Waals surface area contributed by atoms with Crippen LogP contribution in [0, 0.1) is 11.8 Å². The Morgan fingerprint density at radius 1 is 1.00 bits per heavy atom. The lowest BCUT2D eigenvalue weighted by molar-refractivity contribution is 0.174. The fraction of sp³-hybridized carbons (Fsp3) is 0.286. The van der Waals surface area contributed by atoms with E-state index >= 15 is 0 Å². The molecule has 152 valence electrons. The molecule has 0 aromatic heterocycles. The second-order valence-electron chi connectivity index (χ2n) is 5.88. The van der Waals surface area contributed by atoms with Crippen molar-refractivity contribution < 1.29 is 28.5 Å².